The van der Waals surface area contributed by atoms with Crippen LogP contribution in [0.3, 0.4) is 0 Å². The number of benzene rings is 2. The summed E-state index contributed by atoms with van der Waals surface area (Å²) in [6.45, 7) is 1.89. The van der Waals surface area contributed by atoms with Gasteiger partial charge in [0.05, 0.1) is 10.6 Å². The Morgan fingerprint density at radius 3 is 2.28 bits per heavy atom. The fraction of sp³-hybridized carbons (Fsp3) is 0.143. The van der Waals surface area contributed by atoms with E-state index < -0.39 is 22.9 Å². The molecule has 0 aliphatic heterocycles. The van der Waals surface area contributed by atoms with Crippen LogP contribution in [0.2, 0.25) is 5.02 Å². The number of carbonyl (C=O) groups is 1. The van der Waals surface area contributed by atoms with Gasteiger partial charge in [0.2, 0.25) is 0 Å². The molecule has 0 saturated heterocycles. The zero-order chi connectivity index (χ0) is 21.2. The highest BCUT2D eigenvalue weighted by molar-refractivity contribution is 6.31. The van der Waals surface area contributed by atoms with Crippen LogP contribution in [0.15, 0.2) is 60.8 Å². The summed E-state index contributed by atoms with van der Waals surface area (Å²) < 4.78 is 44.3. The van der Waals surface area contributed by atoms with E-state index in [0.717, 1.165) is 33.9 Å². The number of amides is 1. The summed E-state index contributed by atoms with van der Waals surface area (Å²) in [5.74, 6) is 0.260. The van der Waals surface area contributed by atoms with Crippen molar-refractivity contribution in [1.82, 2.24) is 4.98 Å². The first kappa shape index (κ1) is 20.7. The second-order valence-corrected chi connectivity index (χ2v) is 6.71. The summed E-state index contributed by atoms with van der Waals surface area (Å²) >= 11 is 5.61. The molecule has 0 fully saturated rings. The van der Waals surface area contributed by atoms with Crippen LogP contribution in [0.5, 0.6) is 5.75 Å². The summed E-state index contributed by atoms with van der Waals surface area (Å²) in [5, 5.41) is -0.441. The fourth-order valence-electron chi connectivity index (χ4n) is 2.57. The number of rotatable bonds is 3. The summed E-state index contributed by atoms with van der Waals surface area (Å²) in [4.78, 5) is 17.5. The summed E-state index contributed by atoms with van der Waals surface area (Å²) in [5.41, 5.74) is 1.68. The maximum absolute atomic E-state index is 13.0. The van der Waals surface area contributed by atoms with Gasteiger partial charge in [-0.2, -0.15) is 13.2 Å². The van der Waals surface area contributed by atoms with E-state index in [2.05, 4.69) is 4.98 Å². The molecule has 150 valence electrons. The van der Waals surface area contributed by atoms with Gasteiger partial charge in [-0.05, 0) is 48.9 Å². The molecule has 4 nitrogen and oxygen atoms in total. The Hall–Kier alpha value is -3.06. The van der Waals surface area contributed by atoms with E-state index in [1.165, 1.54) is 13.1 Å². The highest BCUT2D eigenvalue weighted by atomic mass is 35.5. The summed E-state index contributed by atoms with van der Waals surface area (Å²) in [7, 11) is 1.32. The Labute approximate surface area is 170 Å². The lowest BCUT2D eigenvalue weighted by molar-refractivity contribution is -0.137. The molecule has 0 atom stereocenters. The Morgan fingerprint density at radius 1 is 1.03 bits per heavy atom. The third-order valence-corrected chi connectivity index (χ3v) is 4.55. The van der Waals surface area contributed by atoms with Crippen molar-refractivity contribution in [3.8, 4) is 16.9 Å². The minimum atomic E-state index is -4.63. The number of ether oxygens (including phenoxy) is 1. The van der Waals surface area contributed by atoms with Gasteiger partial charge in [0, 0.05) is 30.2 Å². The van der Waals surface area contributed by atoms with Crippen LogP contribution in [0.1, 0.15) is 11.3 Å². The van der Waals surface area contributed by atoms with E-state index in [-0.39, 0.29) is 11.4 Å². The van der Waals surface area contributed by atoms with E-state index in [4.69, 9.17) is 16.3 Å². The number of alkyl halides is 3. The maximum atomic E-state index is 13.0. The molecule has 0 aliphatic carbocycles. The van der Waals surface area contributed by atoms with Gasteiger partial charge in [0.15, 0.2) is 0 Å². The van der Waals surface area contributed by atoms with Crippen molar-refractivity contribution in [3.05, 3.63) is 77.1 Å². The molecule has 29 heavy (non-hydrogen) atoms. The van der Waals surface area contributed by atoms with Crippen molar-refractivity contribution in [1.29, 1.82) is 0 Å². The molecule has 0 aliphatic rings. The Kier molecular flexibility index (Phi) is 5.79. The lowest BCUT2D eigenvalue weighted by Gasteiger charge is -2.19. The molecule has 8 heteroatoms. The van der Waals surface area contributed by atoms with Crippen LogP contribution in [-0.4, -0.2) is 18.1 Å². The number of nitrogens with zero attached hydrogens (tertiary/aromatic N) is 2. The second kappa shape index (κ2) is 8.13. The van der Waals surface area contributed by atoms with Gasteiger partial charge < -0.3 is 4.74 Å². The molecule has 0 N–H and O–H groups in total. The van der Waals surface area contributed by atoms with Crippen molar-refractivity contribution in [2.45, 2.75) is 13.1 Å². The lowest BCUT2D eigenvalue weighted by Crippen LogP contribution is -2.29. The van der Waals surface area contributed by atoms with Gasteiger partial charge in [0.1, 0.15) is 5.75 Å². The van der Waals surface area contributed by atoms with E-state index in [9.17, 15) is 18.0 Å². The largest absolute Gasteiger partial charge is 0.419 e. The Balaban J connectivity index is 1.74. The van der Waals surface area contributed by atoms with E-state index in [1.807, 2.05) is 19.1 Å². The number of carbonyl (C=O) groups excluding carboxylic acids is 1. The molecule has 2 aromatic carbocycles. The third kappa shape index (κ3) is 4.86. The minimum Gasteiger partial charge on any atom is -0.410 e. The van der Waals surface area contributed by atoms with Crippen LogP contribution in [-0.2, 0) is 6.18 Å². The highest BCUT2D eigenvalue weighted by Crippen LogP contribution is 2.37. The van der Waals surface area contributed by atoms with Crippen molar-refractivity contribution in [2.75, 3.05) is 11.9 Å². The summed E-state index contributed by atoms with van der Waals surface area (Å²) in [6, 6.07) is 13.7. The Bertz CT molecular complexity index is 1020. The molecule has 3 aromatic rings. The quantitative estimate of drug-likeness (QED) is 0.494. The van der Waals surface area contributed by atoms with Gasteiger partial charge in [-0.1, -0.05) is 29.8 Å². The summed E-state index contributed by atoms with van der Waals surface area (Å²) in [6.07, 6.45) is -3.72. The first-order chi connectivity index (χ1) is 13.6. The number of hydrogen-bond donors (Lipinski definition) is 0. The number of aryl methyl sites for hydroxylation is 1. The first-order valence-corrected chi connectivity index (χ1v) is 8.88. The standard InChI is InChI=1S/C21H16ClF3N2O2/c1-13-3-4-15(12-26-13)14-5-8-17(9-6-14)29-20(28)27(2)16-7-10-19(22)18(11-16)21(23,24)25/h3-12H,1-2H3. The normalized spacial score (nSPS) is 11.2. The molecule has 0 bridgehead atoms. The van der Waals surface area contributed by atoms with Gasteiger partial charge in [0.25, 0.3) is 0 Å². The van der Waals surface area contributed by atoms with Gasteiger partial charge in [-0.25, -0.2) is 4.79 Å². The lowest BCUT2D eigenvalue weighted by atomic mass is 10.1. The second-order valence-electron chi connectivity index (χ2n) is 6.30. The fourth-order valence-corrected chi connectivity index (χ4v) is 2.79. The SMILES string of the molecule is Cc1ccc(-c2ccc(OC(=O)N(C)c3ccc(Cl)c(C(F)(F)F)c3)cc2)cn1. The average Bonchev–Trinajstić information content (AvgIpc) is 2.68. The van der Waals surface area contributed by atoms with E-state index in [0.29, 0.717) is 0 Å². The molecule has 0 radical (unpaired) electrons. The number of hydrogen-bond acceptors (Lipinski definition) is 3. The van der Waals surface area contributed by atoms with Crippen LogP contribution < -0.4 is 9.64 Å². The number of pyridine rings is 1. The van der Waals surface area contributed by atoms with Crippen LogP contribution in [0.4, 0.5) is 23.7 Å². The van der Waals surface area contributed by atoms with E-state index in [1.54, 1.807) is 30.5 Å². The maximum Gasteiger partial charge on any atom is 0.419 e. The minimum absolute atomic E-state index is 0.00840. The zero-order valence-electron chi connectivity index (χ0n) is 15.5. The predicted octanol–water partition coefficient (Wildman–Crippen LogP) is 6.36. The molecule has 1 aromatic heterocycles. The van der Waals surface area contributed by atoms with Gasteiger partial charge in [-0.15, -0.1) is 0 Å². The number of aromatic nitrogens is 1. The van der Waals surface area contributed by atoms with Crippen LogP contribution in [0.25, 0.3) is 11.1 Å². The molecule has 1 amide bonds. The van der Waals surface area contributed by atoms with Crippen molar-refractivity contribution < 1.29 is 22.7 Å². The van der Waals surface area contributed by atoms with Gasteiger partial charge in [-0.3, -0.25) is 9.88 Å². The smallest absolute Gasteiger partial charge is 0.410 e. The van der Waals surface area contributed by atoms with Crippen molar-refractivity contribution >= 4 is 23.4 Å². The van der Waals surface area contributed by atoms with E-state index >= 15 is 0 Å². The molecule has 0 saturated carbocycles. The number of halogens is 4. The van der Waals surface area contributed by atoms with Crippen LogP contribution in [0, 0.1) is 6.92 Å². The van der Waals surface area contributed by atoms with Crippen molar-refractivity contribution in [2.24, 2.45) is 0 Å². The molecular weight excluding hydrogens is 405 g/mol. The highest BCUT2D eigenvalue weighted by Gasteiger charge is 2.34. The van der Waals surface area contributed by atoms with Crippen molar-refractivity contribution in [3.63, 3.8) is 0 Å². The monoisotopic (exact) mass is 420 g/mol. The topological polar surface area (TPSA) is 42.4 Å². The molecule has 3 rings (SSSR count). The molecule has 1 heterocycles. The Morgan fingerprint density at radius 2 is 1.69 bits per heavy atom. The average molecular weight is 421 g/mol. The number of anilines is 1. The molecule has 0 unspecified atom stereocenters. The molecular formula is C21H16ClF3N2O2. The van der Waals surface area contributed by atoms with Crippen LogP contribution >= 0.6 is 11.6 Å². The van der Waals surface area contributed by atoms with Gasteiger partial charge >= 0.3 is 12.3 Å². The molecule has 0 spiro atoms. The first-order valence-electron chi connectivity index (χ1n) is 8.50. The third-order valence-electron chi connectivity index (χ3n) is 4.22. The predicted molar refractivity (Wildman–Crippen MR) is 105 cm³/mol. The zero-order valence-corrected chi connectivity index (χ0v) is 16.3.